The molecule has 0 aromatic carbocycles. The third-order valence-electron chi connectivity index (χ3n) is 4.79. The molecule has 0 aliphatic carbocycles. The van der Waals surface area contributed by atoms with E-state index in [0.717, 1.165) is 18.5 Å². The topological polar surface area (TPSA) is 67.7 Å². The lowest BCUT2D eigenvalue weighted by Crippen LogP contribution is -2.37. The van der Waals surface area contributed by atoms with Crippen LogP contribution in [-0.4, -0.2) is 63.9 Å². The molecule has 1 aromatic heterocycles. The van der Waals surface area contributed by atoms with Gasteiger partial charge in [0.05, 0.1) is 17.3 Å². The second-order valence-corrected chi connectivity index (χ2v) is 6.80. The van der Waals surface area contributed by atoms with E-state index >= 15 is 0 Å². The minimum absolute atomic E-state index is 0.159. The zero-order valence-corrected chi connectivity index (χ0v) is 14.4. The highest BCUT2D eigenvalue weighted by Gasteiger charge is 2.45. The quantitative estimate of drug-likeness (QED) is 0.782. The molecule has 3 heterocycles. The van der Waals surface area contributed by atoms with Crippen LogP contribution in [0.3, 0.4) is 0 Å². The van der Waals surface area contributed by atoms with E-state index in [1.54, 1.807) is 28.6 Å². The third kappa shape index (κ3) is 2.78. The standard InChI is InChI=1S/C15H21ClN4O3/c1-10-11(16)12(17-19(10)3)13(21)20-7-4-5-15(6-8-20)9-18(2)14(22)23-15/h4-9H2,1-3H3/t15-/m0/s1. The molecule has 1 aromatic rings. The molecular formula is C15H21ClN4O3. The number of likely N-dealkylation sites (tertiary alicyclic amines) is 1. The molecule has 2 saturated heterocycles. The first-order valence-corrected chi connectivity index (χ1v) is 8.13. The first kappa shape index (κ1) is 16.1. The van der Waals surface area contributed by atoms with Crippen LogP contribution in [0.1, 0.15) is 35.4 Å². The smallest absolute Gasteiger partial charge is 0.410 e. The predicted octanol–water partition coefficient (Wildman–Crippen LogP) is 1.83. The van der Waals surface area contributed by atoms with E-state index < -0.39 is 5.60 Å². The zero-order chi connectivity index (χ0) is 16.8. The van der Waals surface area contributed by atoms with Crippen LogP contribution in [0.15, 0.2) is 0 Å². The fourth-order valence-corrected chi connectivity index (χ4v) is 3.53. The van der Waals surface area contributed by atoms with Gasteiger partial charge in [0.2, 0.25) is 0 Å². The van der Waals surface area contributed by atoms with Crippen molar-refractivity contribution in [3.63, 3.8) is 0 Å². The molecule has 0 bridgehead atoms. The van der Waals surface area contributed by atoms with Crippen molar-refractivity contribution in [1.29, 1.82) is 0 Å². The maximum atomic E-state index is 12.7. The minimum atomic E-state index is -0.468. The number of rotatable bonds is 1. The summed E-state index contributed by atoms with van der Waals surface area (Å²) >= 11 is 6.22. The van der Waals surface area contributed by atoms with Gasteiger partial charge in [-0.25, -0.2) is 4.79 Å². The molecule has 126 valence electrons. The second-order valence-electron chi connectivity index (χ2n) is 6.42. The van der Waals surface area contributed by atoms with Crippen LogP contribution in [0.2, 0.25) is 5.02 Å². The van der Waals surface area contributed by atoms with E-state index in [-0.39, 0.29) is 12.0 Å². The molecule has 2 fully saturated rings. The molecule has 2 aliphatic heterocycles. The summed E-state index contributed by atoms with van der Waals surface area (Å²) in [6, 6.07) is 0. The molecule has 3 rings (SSSR count). The van der Waals surface area contributed by atoms with Gasteiger partial charge in [0, 0.05) is 33.6 Å². The Kier molecular flexibility index (Phi) is 4.00. The van der Waals surface area contributed by atoms with Crippen LogP contribution in [-0.2, 0) is 11.8 Å². The van der Waals surface area contributed by atoms with Crippen LogP contribution in [0.25, 0.3) is 0 Å². The number of amides is 2. The summed E-state index contributed by atoms with van der Waals surface area (Å²) in [5.74, 6) is -0.159. The number of aryl methyl sites for hydroxylation is 1. The van der Waals surface area contributed by atoms with E-state index in [1.165, 1.54) is 0 Å². The Labute approximate surface area is 140 Å². The number of halogens is 1. The lowest BCUT2D eigenvalue weighted by molar-refractivity contribution is 0.0438. The fraction of sp³-hybridized carbons (Fsp3) is 0.667. The van der Waals surface area contributed by atoms with Crippen LogP contribution < -0.4 is 0 Å². The van der Waals surface area contributed by atoms with Gasteiger partial charge >= 0.3 is 6.09 Å². The van der Waals surface area contributed by atoms with E-state index in [1.807, 2.05) is 6.92 Å². The zero-order valence-electron chi connectivity index (χ0n) is 13.6. The van der Waals surface area contributed by atoms with E-state index in [4.69, 9.17) is 16.3 Å². The number of nitrogens with zero attached hydrogens (tertiary/aromatic N) is 4. The lowest BCUT2D eigenvalue weighted by atomic mass is 9.95. The molecule has 0 radical (unpaired) electrons. The SMILES string of the molecule is Cc1c(Cl)c(C(=O)N2CCC[C@]3(CC2)CN(C)C(=O)O3)nn1C. The van der Waals surface area contributed by atoms with Crippen molar-refractivity contribution in [3.05, 3.63) is 16.4 Å². The summed E-state index contributed by atoms with van der Waals surface area (Å²) in [5.41, 5.74) is 0.598. The maximum absolute atomic E-state index is 12.7. The van der Waals surface area contributed by atoms with E-state index in [2.05, 4.69) is 5.10 Å². The van der Waals surface area contributed by atoms with Crippen LogP contribution >= 0.6 is 11.6 Å². The molecule has 8 heteroatoms. The second kappa shape index (κ2) is 5.70. The summed E-state index contributed by atoms with van der Waals surface area (Å²) in [4.78, 5) is 27.7. The minimum Gasteiger partial charge on any atom is -0.441 e. The Balaban J connectivity index is 1.74. The normalized spacial score (nSPS) is 25.0. The Bertz CT molecular complexity index is 659. The van der Waals surface area contributed by atoms with Crippen molar-refractivity contribution in [2.24, 2.45) is 7.05 Å². The lowest BCUT2D eigenvalue weighted by Gasteiger charge is -2.25. The number of carbonyl (C=O) groups is 2. The molecule has 0 saturated carbocycles. The van der Waals surface area contributed by atoms with E-state index in [9.17, 15) is 9.59 Å². The molecule has 2 amide bonds. The molecule has 1 spiro atoms. The highest BCUT2D eigenvalue weighted by atomic mass is 35.5. The largest absolute Gasteiger partial charge is 0.441 e. The Morgan fingerprint density at radius 1 is 1.30 bits per heavy atom. The molecule has 7 nitrogen and oxygen atoms in total. The highest BCUT2D eigenvalue weighted by molar-refractivity contribution is 6.34. The van der Waals surface area contributed by atoms with Gasteiger partial charge in [-0.15, -0.1) is 0 Å². The first-order chi connectivity index (χ1) is 10.8. The van der Waals surface area contributed by atoms with E-state index in [0.29, 0.717) is 36.8 Å². The van der Waals surface area contributed by atoms with Gasteiger partial charge in [-0.2, -0.15) is 5.10 Å². The van der Waals surface area contributed by atoms with Crippen molar-refractivity contribution < 1.29 is 14.3 Å². The Morgan fingerprint density at radius 3 is 2.61 bits per heavy atom. The number of hydrogen-bond donors (Lipinski definition) is 0. The average Bonchev–Trinajstić information content (AvgIpc) is 2.83. The predicted molar refractivity (Wildman–Crippen MR) is 84.6 cm³/mol. The number of ether oxygens (including phenoxy) is 1. The van der Waals surface area contributed by atoms with Crippen molar-refractivity contribution in [2.45, 2.75) is 31.8 Å². The first-order valence-electron chi connectivity index (χ1n) is 7.75. The van der Waals surface area contributed by atoms with Crippen molar-refractivity contribution in [1.82, 2.24) is 19.6 Å². The Morgan fingerprint density at radius 2 is 2.04 bits per heavy atom. The number of likely N-dealkylation sites (N-methyl/N-ethyl adjacent to an activating group) is 1. The summed E-state index contributed by atoms with van der Waals surface area (Å²) in [5, 5.41) is 4.63. The molecule has 0 unspecified atom stereocenters. The van der Waals surface area contributed by atoms with Crippen LogP contribution in [0.5, 0.6) is 0 Å². The van der Waals surface area contributed by atoms with Gasteiger partial charge in [-0.05, 0) is 19.8 Å². The molecule has 23 heavy (non-hydrogen) atoms. The van der Waals surface area contributed by atoms with Gasteiger partial charge in [0.15, 0.2) is 5.69 Å². The van der Waals surface area contributed by atoms with Gasteiger partial charge < -0.3 is 14.5 Å². The number of hydrogen-bond acceptors (Lipinski definition) is 4. The van der Waals surface area contributed by atoms with Gasteiger partial charge in [-0.3, -0.25) is 9.48 Å². The fourth-order valence-electron chi connectivity index (χ4n) is 3.29. The summed E-state index contributed by atoms with van der Waals surface area (Å²) in [6.45, 7) is 3.56. The highest BCUT2D eigenvalue weighted by Crippen LogP contribution is 2.33. The number of aromatic nitrogens is 2. The van der Waals surface area contributed by atoms with Crippen molar-refractivity contribution in [2.75, 3.05) is 26.7 Å². The Hall–Kier alpha value is -1.76. The molecule has 2 aliphatic rings. The van der Waals surface area contributed by atoms with Crippen molar-refractivity contribution in [3.8, 4) is 0 Å². The monoisotopic (exact) mass is 340 g/mol. The van der Waals surface area contributed by atoms with Crippen LogP contribution in [0, 0.1) is 6.92 Å². The summed E-state index contributed by atoms with van der Waals surface area (Å²) < 4.78 is 7.18. The molecule has 0 N–H and O–H groups in total. The van der Waals surface area contributed by atoms with Crippen LogP contribution in [0.4, 0.5) is 4.79 Å². The van der Waals surface area contributed by atoms with Gasteiger partial charge in [-0.1, -0.05) is 11.6 Å². The summed E-state index contributed by atoms with van der Waals surface area (Å²) in [7, 11) is 3.50. The number of carbonyl (C=O) groups excluding carboxylic acids is 2. The average molecular weight is 341 g/mol. The summed E-state index contributed by atoms with van der Waals surface area (Å²) in [6.07, 6.45) is 1.91. The maximum Gasteiger partial charge on any atom is 0.410 e. The molecular weight excluding hydrogens is 320 g/mol. The van der Waals surface area contributed by atoms with Crippen molar-refractivity contribution >= 4 is 23.6 Å². The molecule has 1 atom stereocenters. The van der Waals surface area contributed by atoms with Gasteiger partial charge in [0.25, 0.3) is 5.91 Å². The van der Waals surface area contributed by atoms with Gasteiger partial charge in [0.1, 0.15) is 5.60 Å². The third-order valence-corrected chi connectivity index (χ3v) is 5.24.